The van der Waals surface area contributed by atoms with E-state index in [0.717, 1.165) is 25.8 Å². The Bertz CT molecular complexity index is 525. The molecular formula is C25H48N2O. The molecule has 3 nitrogen and oxygen atoms in total. The second-order valence-corrected chi connectivity index (χ2v) is 10.2. The van der Waals surface area contributed by atoms with Crippen LogP contribution in [-0.4, -0.2) is 29.5 Å². The lowest BCUT2D eigenvalue weighted by atomic mass is 9.79. The molecule has 3 N–H and O–H groups in total. The van der Waals surface area contributed by atoms with Gasteiger partial charge in [-0.25, -0.2) is 0 Å². The fourth-order valence-corrected chi connectivity index (χ4v) is 3.32. The first kappa shape index (κ1) is 27.1. The maximum Gasteiger partial charge on any atom is 0.0722 e. The van der Waals surface area contributed by atoms with Gasteiger partial charge in [0.05, 0.1) is 6.10 Å². The summed E-state index contributed by atoms with van der Waals surface area (Å²) in [5.74, 6) is 0.692. The van der Waals surface area contributed by atoms with Gasteiger partial charge >= 0.3 is 0 Å². The van der Waals surface area contributed by atoms with Crippen LogP contribution in [0.25, 0.3) is 0 Å². The van der Waals surface area contributed by atoms with Crippen molar-refractivity contribution in [2.24, 2.45) is 27.5 Å². The third-order valence-electron chi connectivity index (χ3n) is 5.99. The molecule has 0 bridgehead atoms. The van der Waals surface area contributed by atoms with Crippen LogP contribution in [0.4, 0.5) is 0 Å². The normalized spacial score (nSPS) is 16.9. The topological polar surface area (TPSA) is 58.6 Å². The van der Waals surface area contributed by atoms with Gasteiger partial charge < -0.3 is 10.8 Å². The summed E-state index contributed by atoms with van der Waals surface area (Å²) in [5, 5.41) is 9.69. The number of hydrogen-bond acceptors (Lipinski definition) is 3. The molecule has 0 rings (SSSR count). The molecule has 0 heterocycles. The maximum absolute atomic E-state index is 9.69. The molecular weight excluding hydrogens is 344 g/mol. The molecule has 3 heteroatoms. The van der Waals surface area contributed by atoms with Crippen molar-refractivity contribution in [2.75, 3.05) is 6.54 Å². The van der Waals surface area contributed by atoms with Crippen molar-refractivity contribution in [3.63, 3.8) is 0 Å². The molecule has 28 heavy (non-hydrogen) atoms. The number of nitrogens with zero attached hydrogens (tertiary/aromatic N) is 1. The number of rotatable bonds is 13. The number of aliphatic hydroxyl groups is 1. The third-order valence-corrected chi connectivity index (χ3v) is 5.99. The van der Waals surface area contributed by atoms with Gasteiger partial charge in [-0.3, -0.25) is 4.99 Å². The summed E-state index contributed by atoms with van der Waals surface area (Å²) >= 11 is 0. The summed E-state index contributed by atoms with van der Waals surface area (Å²) < 4.78 is 0. The molecule has 0 aromatic heterocycles. The van der Waals surface area contributed by atoms with E-state index in [4.69, 9.17) is 10.7 Å². The molecule has 0 aliphatic carbocycles. The monoisotopic (exact) mass is 392 g/mol. The Morgan fingerprint density at radius 2 is 1.61 bits per heavy atom. The lowest BCUT2D eigenvalue weighted by Crippen LogP contribution is -2.30. The van der Waals surface area contributed by atoms with Gasteiger partial charge in [0.2, 0.25) is 0 Å². The van der Waals surface area contributed by atoms with Gasteiger partial charge in [0.25, 0.3) is 0 Å². The SMILES string of the molecule is CC(=CCC/C=C/C[C@@H](O)[C@H](C)N)C(C)(C)CC/N=C(\C)C(C)(C)CC(C)C. The number of aliphatic imine (C=N–C) groups is 1. The third kappa shape index (κ3) is 11.2. The van der Waals surface area contributed by atoms with E-state index >= 15 is 0 Å². The number of aliphatic hydroxyl groups excluding tert-OH is 1. The van der Waals surface area contributed by atoms with Crippen molar-refractivity contribution < 1.29 is 5.11 Å². The first-order valence-corrected chi connectivity index (χ1v) is 11.1. The van der Waals surface area contributed by atoms with Gasteiger partial charge in [-0.15, -0.1) is 0 Å². The molecule has 0 amide bonds. The Morgan fingerprint density at radius 1 is 1.00 bits per heavy atom. The van der Waals surface area contributed by atoms with Gasteiger partial charge in [0, 0.05) is 23.7 Å². The predicted octanol–water partition coefficient (Wildman–Crippen LogP) is 6.32. The van der Waals surface area contributed by atoms with Crippen LogP contribution in [0.15, 0.2) is 28.8 Å². The van der Waals surface area contributed by atoms with Crippen LogP contribution in [0, 0.1) is 16.7 Å². The van der Waals surface area contributed by atoms with Crippen LogP contribution in [0.3, 0.4) is 0 Å². The van der Waals surface area contributed by atoms with E-state index in [0.29, 0.717) is 12.3 Å². The van der Waals surface area contributed by atoms with Crippen molar-refractivity contribution in [1.29, 1.82) is 0 Å². The quantitative estimate of drug-likeness (QED) is 0.219. The van der Waals surface area contributed by atoms with Crippen molar-refractivity contribution in [3.05, 3.63) is 23.8 Å². The van der Waals surface area contributed by atoms with E-state index < -0.39 is 6.10 Å². The minimum absolute atomic E-state index is 0.168. The van der Waals surface area contributed by atoms with Gasteiger partial charge in [0.15, 0.2) is 0 Å². The molecule has 0 unspecified atom stereocenters. The first-order valence-electron chi connectivity index (χ1n) is 11.1. The van der Waals surface area contributed by atoms with Crippen molar-refractivity contribution >= 4 is 5.71 Å². The summed E-state index contributed by atoms with van der Waals surface area (Å²) in [6.07, 6.45) is 11.0. The maximum atomic E-state index is 9.69. The summed E-state index contributed by atoms with van der Waals surface area (Å²) in [6.45, 7) is 21.0. The zero-order valence-electron chi connectivity index (χ0n) is 20.2. The van der Waals surface area contributed by atoms with E-state index in [1.807, 2.05) is 13.0 Å². The van der Waals surface area contributed by atoms with Crippen LogP contribution < -0.4 is 5.73 Å². The highest BCUT2D eigenvalue weighted by molar-refractivity contribution is 5.87. The van der Waals surface area contributed by atoms with Gasteiger partial charge in [-0.05, 0) is 64.2 Å². The average molecular weight is 393 g/mol. The van der Waals surface area contributed by atoms with Crippen molar-refractivity contribution in [2.45, 2.75) is 107 Å². The smallest absolute Gasteiger partial charge is 0.0722 e. The molecule has 0 aliphatic rings. The second kappa shape index (κ2) is 12.6. The fourth-order valence-electron chi connectivity index (χ4n) is 3.32. The lowest BCUT2D eigenvalue weighted by molar-refractivity contribution is 0.154. The predicted molar refractivity (Wildman–Crippen MR) is 126 cm³/mol. The molecule has 0 saturated carbocycles. The van der Waals surface area contributed by atoms with Crippen LogP contribution in [-0.2, 0) is 0 Å². The Morgan fingerprint density at radius 3 is 2.14 bits per heavy atom. The molecule has 0 aromatic rings. The molecule has 164 valence electrons. The van der Waals surface area contributed by atoms with E-state index in [-0.39, 0.29) is 16.9 Å². The summed E-state index contributed by atoms with van der Waals surface area (Å²) in [7, 11) is 0. The summed E-state index contributed by atoms with van der Waals surface area (Å²) in [5.41, 5.74) is 8.73. The van der Waals surface area contributed by atoms with E-state index in [1.54, 1.807) is 0 Å². The molecule has 0 fully saturated rings. The summed E-state index contributed by atoms with van der Waals surface area (Å²) in [4.78, 5) is 4.91. The average Bonchev–Trinajstić information content (AvgIpc) is 2.55. The van der Waals surface area contributed by atoms with Gasteiger partial charge in [-0.2, -0.15) is 0 Å². The molecule has 0 aromatic carbocycles. The highest BCUT2D eigenvalue weighted by Gasteiger charge is 2.24. The van der Waals surface area contributed by atoms with Gasteiger partial charge in [0.1, 0.15) is 0 Å². The molecule has 2 atom stereocenters. The Hall–Kier alpha value is -0.930. The van der Waals surface area contributed by atoms with E-state index in [2.05, 4.69) is 67.5 Å². The van der Waals surface area contributed by atoms with Crippen LogP contribution >= 0.6 is 0 Å². The van der Waals surface area contributed by atoms with Crippen LogP contribution in [0.1, 0.15) is 94.4 Å². The molecule has 0 saturated heterocycles. The molecule has 0 spiro atoms. The summed E-state index contributed by atoms with van der Waals surface area (Å²) in [6, 6.07) is -0.171. The minimum Gasteiger partial charge on any atom is -0.391 e. The van der Waals surface area contributed by atoms with Crippen molar-refractivity contribution in [1.82, 2.24) is 0 Å². The first-order chi connectivity index (χ1) is 12.8. The largest absolute Gasteiger partial charge is 0.391 e. The minimum atomic E-state index is -0.443. The lowest BCUT2D eigenvalue weighted by Gasteiger charge is -2.28. The van der Waals surface area contributed by atoms with Crippen LogP contribution in [0.2, 0.25) is 0 Å². The van der Waals surface area contributed by atoms with E-state index in [9.17, 15) is 5.11 Å². The number of allylic oxidation sites excluding steroid dienone is 3. The fraction of sp³-hybridized carbons (Fsp3) is 0.800. The highest BCUT2D eigenvalue weighted by atomic mass is 16.3. The Labute approximate surface area is 175 Å². The standard InChI is InChI=1S/C25H48N2O/c1-19(2)18-25(8,9)22(5)27-17-16-24(6,7)20(3)14-12-10-11-13-15-23(28)21(4)26/h11,13-14,19,21,23,28H,10,12,15-18,26H2,1-9H3/b13-11+,20-14?,27-22+/t21-,23+/m0/s1. The molecule has 0 radical (unpaired) electrons. The zero-order valence-corrected chi connectivity index (χ0v) is 20.2. The van der Waals surface area contributed by atoms with Crippen molar-refractivity contribution in [3.8, 4) is 0 Å². The molecule has 0 aliphatic heterocycles. The number of unbranched alkanes of at least 4 members (excludes halogenated alkanes) is 1. The second-order valence-electron chi connectivity index (χ2n) is 10.2. The Kier molecular flexibility index (Phi) is 12.2. The highest BCUT2D eigenvalue weighted by Crippen LogP contribution is 2.31. The van der Waals surface area contributed by atoms with Crippen LogP contribution in [0.5, 0.6) is 0 Å². The van der Waals surface area contributed by atoms with E-state index in [1.165, 1.54) is 17.7 Å². The van der Waals surface area contributed by atoms with Gasteiger partial charge in [-0.1, -0.05) is 65.3 Å². The Balaban J connectivity index is 4.50. The zero-order chi connectivity index (χ0) is 22.0. The number of nitrogens with two attached hydrogens (primary N) is 1. The number of hydrogen-bond donors (Lipinski definition) is 2.